The van der Waals surface area contributed by atoms with E-state index in [0.717, 1.165) is 17.5 Å². The van der Waals surface area contributed by atoms with Gasteiger partial charge in [0.05, 0.1) is 11.0 Å². The molecule has 0 saturated carbocycles. The number of benzene rings is 1. The summed E-state index contributed by atoms with van der Waals surface area (Å²) in [6.07, 6.45) is 0.987. The highest BCUT2D eigenvalue weighted by Gasteiger charge is 2.16. The van der Waals surface area contributed by atoms with Crippen molar-refractivity contribution in [3.05, 3.63) is 30.1 Å². The van der Waals surface area contributed by atoms with E-state index in [1.807, 2.05) is 28.8 Å². The van der Waals surface area contributed by atoms with Gasteiger partial charge in [0.1, 0.15) is 0 Å². The Labute approximate surface area is 95.1 Å². The van der Waals surface area contributed by atoms with E-state index in [-0.39, 0.29) is 5.78 Å². The number of carbonyl (C=O) groups excluding carboxylic acids is 1. The lowest BCUT2D eigenvalue weighted by Gasteiger charge is -2.14. The number of imidazole rings is 1. The molecule has 1 aromatic heterocycles. The van der Waals surface area contributed by atoms with Crippen molar-refractivity contribution in [1.82, 2.24) is 9.55 Å². The molecule has 0 aliphatic rings. The van der Waals surface area contributed by atoms with Gasteiger partial charge in [-0.2, -0.15) is 0 Å². The van der Waals surface area contributed by atoms with Crippen LogP contribution in [0.25, 0.3) is 11.0 Å². The number of carbonyl (C=O) groups is 1. The molecular formula is C13H16N2O. The van der Waals surface area contributed by atoms with Crippen LogP contribution in [0.5, 0.6) is 0 Å². The summed E-state index contributed by atoms with van der Waals surface area (Å²) in [4.78, 5) is 16.0. The quantitative estimate of drug-likeness (QED) is 0.738. The van der Waals surface area contributed by atoms with E-state index in [4.69, 9.17) is 0 Å². The van der Waals surface area contributed by atoms with Gasteiger partial charge in [-0.15, -0.1) is 0 Å². The Morgan fingerprint density at radius 1 is 1.44 bits per heavy atom. The molecule has 1 atom stereocenters. The predicted molar refractivity (Wildman–Crippen MR) is 64.7 cm³/mol. The van der Waals surface area contributed by atoms with Gasteiger partial charge < -0.3 is 4.57 Å². The SMILES string of the molecule is CCC(C)n1c(C(C)=O)nc2ccccc21. The zero-order valence-electron chi connectivity index (χ0n) is 9.90. The molecule has 0 saturated heterocycles. The smallest absolute Gasteiger partial charge is 0.195 e. The Morgan fingerprint density at radius 2 is 2.12 bits per heavy atom. The van der Waals surface area contributed by atoms with E-state index in [9.17, 15) is 4.79 Å². The molecule has 0 amide bonds. The summed E-state index contributed by atoms with van der Waals surface area (Å²) in [6.45, 7) is 5.80. The number of hydrogen-bond acceptors (Lipinski definition) is 2. The minimum atomic E-state index is 0.0245. The van der Waals surface area contributed by atoms with Gasteiger partial charge in [-0.05, 0) is 25.5 Å². The molecule has 3 heteroatoms. The maximum Gasteiger partial charge on any atom is 0.195 e. The van der Waals surface area contributed by atoms with Crippen LogP contribution in [0.15, 0.2) is 24.3 Å². The van der Waals surface area contributed by atoms with Crippen LogP contribution in [-0.4, -0.2) is 15.3 Å². The second-order valence-corrected chi connectivity index (χ2v) is 4.11. The predicted octanol–water partition coefficient (Wildman–Crippen LogP) is 3.21. The van der Waals surface area contributed by atoms with Crippen molar-refractivity contribution in [2.75, 3.05) is 0 Å². The van der Waals surface area contributed by atoms with Crippen molar-refractivity contribution in [3.8, 4) is 0 Å². The van der Waals surface area contributed by atoms with E-state index in [2.05, 4.69) is 18.8 Å². The monoisotopic (exact) mass is 216 g/mol. The van der Waals surface area contributed by atoms with Crippen LogP contribution in [0, 0.1) is 0 Å². The molecule has 1 heterocycles. The third kappa shape index (κ3) is 1.62. The van der Waals surface area contributed by atoms with Gasteiger partial charge in [0.2, 0.25) is 0 Å². The molecule has 0 aliphatic carbocycles. The minimum Gasteiger partial charge on any atom is -0.319 e. The average molecular weight is 216 g/mol. The number of hydrogen-bond donors (Lipinski definition) is 0. The molecule has 2 aromatic rings. The fourth-order valence-electron chi connectivity index (χ4n) is 1.92. The number of fused-ring (bicyclic) bond motifs is 1. The number of ketones is 1. The van der Waals surface area contributed by atoms with Crippen molar-refractivity contribution in [3.63, 3.8) is 0 Å². The van der Waals surface area contributed by atoms with Gasteiger partial charge in [0.25, 0.3) is 0 Å². The average Bonchev–Trinajstić information content (AvgIpc) is 2.67. The summed E-state index contributed by atoms with van der Waals surface area (Å²) in [5.74, 6) is 0.590. The molecule has 0 aliphatic heterocycles. The number of Topliss-reactive ketones (excluding diaryl/α,β-unsaturated/α-hetero) is 1. The lowest BCUT2D eigenvalue weighted by Crippen LogP contribution is -2.11. The summed E-state index contributed by atoms with van der Waals surface area (Å²) in [5.41, 5.74) is 1.94. The lowest BCUT2D eigenvalue weighted by atomic mass is 10.2. The minimum absolute atomic E-state index is 0.0245. The number of rotatable bonds is 3. The summed E-state index contributed by atoms with van der Waals surface area (Å²) in [6, 6.07) is 8.18. The first kappa shape index (κ1) is 10.9. The summed E-state index contributed by atoms with van der Waals surface area (Å²) in [5, 5.41) is 0. The second kappa shape index (κ2) is 4.08. The van der Waals surface area contributed by atoms with Crippen molar-refractivity contribution < 1.29 is 4.79 Å². The maximum absolute atomic E-state index is 11.6. The number of para-hydroxylation sites is 2. The largest absolute Gasteiger partial charge is 0.319 e. The molecule has 2 rings (SSSR count). The van der Waals surface area contributed by atoms with Crippen molar-refractivity contribution >= 4 is 16.8 Å². The first-order valence-corrected chi connectivity index (χ1v) is 5.63. The number of nitrogens with zero attached hydrogens (tertiary/aromatic N) is 2. The van der Waals surface area contributed by atoms with Crippen LogP contribution >= 0.6 is 0 Å². The fourth-order valence-corrected chi connectivity index (χ4v) is 1.92. The Bertz CT molecular complexity index is 528. The first-order valence-electron chi connectivity index (χ1n) is 5.63. The van der Waals surface area contributed by atoms with E-state index in [1.165, 1.54) is 0 Å². The van der Waals surface area contributed by atoms with E-state index >= 15 is 0 Å². The molecule has 1 unspecified atom stereocenters. The third-order valence-electron chi connectivity index (χ3n) is 2.94. The van der Waals surface area contributed by atoms with Crippen molar-refractivity contribution in [2.45, 2.75) is 33.2 Å². The molecule has 3 nitrogen and oxygen atoms in total. The molecular weight excluding hydrogens is 200 g/mol. The van der Waals surface area contributed by atoms with E-state index < -0.39 is 0 Å². The fraction of sp³-hybridized carbons (Fsp3) is 0.385. The summed E-state index contributed by atoms with van der Waals surface area (Å²) >= 11 is 0. The van der Waals surface area contributed by atoms with Gasteiger partial charge in [-0.3, -0.25) is 4.79 Å². The van der Waals surface area contributed by atoms with Gasteiger partial charge in [-0.25, -0.2) is 4.98 Å². The zero-order valence-corrected chi connectivity index (χ0v) is 9.90. The molecule has 1 aromatic carbocycles. The number of aromatic nitrogens is 2. The molecule has 16 heavy (non-hydrogen) atoms. The topological polar surface area (TPSA) is 34.9 Å². The van der Waals surface area contributed by atoms with Gasteiger partial charge in [-0.1, -0.05) is 19.1 Å². The normalized spacial score (nSPS) is 12.9. The van der Waals surface area contributed by atoms with Gasteiger partial charge in [0.15, 0.2) is 11.6 Å². The molecule has 0 fully saturated rings. The standard InChI is InChI=1S/C13H16N2O/c1-4-9(2)15-12-8-6-5-7-11(12)14-13(15)10(3)16/h5-9H,4H2,1-3H3. The molecule has 0 bridgehead atoms. The maximum atomic E-state index is 11.6. The van der Waals surface area contributed by atoms with Gasteiger partial charge >= 0.3 is 0 Å². The zero-order chi connectivity index (χ0) is 11.7. The van der Waals surface area contributed by atoms with Crippen LogP contribution in [0.1, 0.15) is 43.9 Å². The highest BCUT2D eigenvalue weighted by molar-refractivity contribution is 5.94. The van der Waals surface area contributed by atoms with Crippen molar-refractivity contribution in [1.29, 1.82) is 0 Å². The van der Waals surface area contributed by atoms with E-state index in [0.29, 0.717) is 11.9 Å². The second-order valence-electron chi connectivity index (χ2n) is 4.11. The molecule has 0 radical (unpaired) electrons. The Kier molecular flexibility index (Phi) is 2.77. The lowest BCUT2D eigenvalue weighted by molar-refractivity contribution is 0.0998. The molecule has 0 spiro atoms. The van der Waals surface area contributed by atoms with Crippen LogP contribution in [-0.2, 0) is 0 Å². The molecule has 0 N–H and O–H groups in total. The van der Waals surface area contributed by atoms with E-state index in [1.54, 1.807) is 6.92 Å². The van der Waals surface area contributed by atoms with Crippen LogP contribution in [0.4, 0.5) is 0 Å². The Balaban J connectivity index is 2.74. The highest BCUT2D eigenvalue weighted by Crippen LogP contribution is 2.22. The first-order chi connectivity index (χ1) is 7.65. The Morgan fingerprint density at radius 3 is 2.75 bits per heavy atom. The third-order valence-corrected chi connectivity index (χ3v) is 2.94. The summed E-state index contributed by atoms with van der Waals surface area (Å²) < 4.78 is 2.04. The van der Waals surface area contributed by atoms with Gasteiger partial charge in [0, 0.05) is 13.0 Å². The summed E-state index contributed by atoms with van der Waals surface area (Å²) in [7, 11) is 0. The Hall–Kier alpha value is -1.64. The van der Waals surface area contributed by atoms with Crippen LogP contribution < -0.4 is 0 Å². The van der Waals surface area contributed by atoms with Crippen molar-refractivity contribution in [2.24, 2.45) is 0 Å². The van der Waals surface area contributed by atoms with Crippen LogP contribution in [0.3, 0.4) is 0 Å². The highest BCUT2D eigenvalue weighted by atomic mass is 16.1. The molecule has 84 valence electrons. The van der Waals surface area contributed by atoms with Crippen LogP contribution in [0.2, 0.25) is 0 Å².